The first-order valence-corrected chi connectivity index (χ1v) is 9.01. The third-order valence-corrected chi connectivity index (χ3v) is 3.97. The van der Waals surface area contributed by atoms with Gasteiger partial charge in [-0.05, 0) is 43.5 Å². The first kappa shape index (κ1) is 23.0. The number of halogens is 1. The molecule has 1 amide bonds. The molecule has 0 fully saturated rings. The standard InChI is InChI=1S/C21H28N4O.HI/c1-4-23-21(25-15-18-9-5-7-16(2)13-18)24-12-11-17-8-6-10-19(14-17)20(26)22-3;/h5-10,13-14H,4,11-12,15H2,1-3H3,(H,22,26)(H2,23,24,25);1H. The number of carbonyl (C=O) groups is 1. The molecule has 2 aromatic rings. The molecule has 5 nitrogen and oxygen atoms in total. The van der Waals surface area contributed by atoms with Crippen molar-refractivity contribution in [3.8, 4) is 0 Å². The summed E-state index contributed by atoms with van der Waals surface area (Å²) in [5.41, 5.74) is 4.24. The van der Waals surface area contributed by atoms with Crippen LogP contribution in [0.25, 0.3) is 0 Å². The lowest BCUT2D eigenvalue weighted by atomic mass is 10.1. The molecule has 3 N–H and O–H groups in total. The van der Waals surface area contributed by atoms with Gasteiger partial charge in [0.1, 0.15) is 0 Å². The van der Waals surface area contributed by atoms with Crippen molar-refractivity contribution in [2.45, 2.75) is 26.8 Å². The molecule has 0 aliphatic heterocycles. The molecule has 0 aromatic heterocycles. The molecule has 0 unspecified atom stereocenters. The number of rotatable bonds is 7. The molecule has 0 atom stereocenters. The van der Waals surface area contributed by atoms with Gasteiger partial charge in [0.15, 0.2) is 5.96 Å². The summed E-state index contributed by atoms with van der Waals surface area (Å²) in [6.07, 6.45) is 0.819. The van der Waals surface area contributed by atoms with E-state index in [4.69, 9.17) is 0 Å². The van der Waals surface area contributed by atoms with E-state index in [-0.39, 0.29) is 29.9 Å². The molecule has 27 heavy (non-hydrogen) atoms. The van der Waals surface area contributed by atoms with Crippen LogP contribution in [0.4, 0.5) is 0 Å². The summed E-state index contributed by atoms with van der Waals surface area (Å²) in [5.74, 6) is 0.740. The van der Waals surface area contributed by atoms with Gasteiger partial charge in [-0.25, -0.2) is 4.99 Å². The number of aliphatic imine (C=N–C) groups is 1. The summed E-state index contributed by atoms with van der Waals surface area (Å²) >= 11 is 0. The van der Waals surface area contributed by atoms with E-state index in [0.29, 0.717) is 12.1 Å². The van der Waals surface area contributed by atoms with E-state index in [0.717, 1.165) is 31.0 Å². The Labute approximate surface area is 179 Å². The summed E-state index contributed by atoms with van der Waals surface area (Å²) in [6.45, 7) is 6.34. The van der Waals surface area contributed by atoms with Crippen LogP contribution >= 0.6 is 24.0 Å². The van der Waals surface area contributed by atoms with Gasteiger partial charge in [0, 0.05) is 25.7 Å². The van der Waals surface area contributed by atoms with Crippen LogP contribution in [0.2, 0.25) is 0 Å². The first-order valence-electron chi connectivity index (χ1n) is 9.01. The molecule has 0 heterocycles. The van der Waals surface area contributed by atoms with E-state index in [1.54, 1.807) is 7.05 Å². The number of amides is 1. The van der Waals surface area contributed by atoms with Gasteiger partial charge >= 0.3 is 0 Å². The fourth-order valence-corrected chi connectivity index (χ4v) is 2.66. The van der Waals surface area contributed by atoms with E-state index >= 15 is 0 Å². The minimum atomic E-state index is -0.0622. The van der Waals surface area contributed by atoms with E-state index in [2.05, 4.69) is 59.1 Å². The Kier molecular flexibility index (Phi) is 10.5. The monoisotopic (exact) mass is 480 g/mol. The number of nitrogens with zero attached hydrogens (tertiary/aromatic N) is 1. The number of hydrogen-bond donors (Lipinski definition) is 3. The minimum Gasteiger partial charge on any atom is -0.357 e. The van der Waals surface area contributed by atoms with Crippen molar-refractivity contribution < 1.29 is 4.79 Å². The lowest BCUT2D eigenvalue weighted by Crippen LogP contribution is -2.38. The Bertz CT molecular complexity index is 761. The highest BCUT2D eigenvalue weighted by molar-refractivity contribution is 14.0. The zero-order chi connectivity index (χ0) is 18.8. The number of carbonyl (C=O) groups excluding carboxylic acids is 1. The number of benzene rings is 2. The summed E-state index contributed by atoms with van der Waals surface area (Å²) in [6, 6.07) is 16.1. The Hall–Kier alpha value is -2.09. The average molecular weight is 480 g/mol. The summed E-state index contributed by atoms with van der Waals surface area (Å²) in [4.78, 5) is 16.4. The van der Waals surface area contributed by atoms with Crippen molar-refractivity contribution in [1.29, 1.82) is 0 Å². The van der Waals surface area contributed by atoms with Crippen LogP contribution in [-0.4, -0.2) is 32.0 Å². The highest BCUT2D eigenvalue weighted by Gasteiger charge is 2.04. The fraction of sp³-hybridized carbons (Fsp3) is 0.333. The topological polar surface area (TPSA) is 65.5 Å². The van der Waals surface area contributed by atoms with E-state index in [1.165, 1.54) is 11.1 Å². The predicted molar refractivity (Wildman–Crippen MR) is 123 cm³/mol. The van der Waals surface area contributed by atoms with Crippen molar-refractivity contribution in [1.82, 2.24) is 16.0 Å². The summed E-state index contributed by atoms with van der Waals surface area (Å²) in [7, 11) is 1.64. The number of guanidine groups is 1. The zero-order valence-electron chi connectivity index (χ0n) is 16.2. The molecule has 2 rings (SSSR count). The largest absolute Gasteiger partial charge is 0.357 e. The molecule has 0 aliphatic rings. The van der Waals surface area contributed by atoms with Gasteiger partial charge in [-0.15, -0.1) is 24.0 Å². The predicted octanol–water partition coefficient (Wildman–Crippen LogP) is 3.27. The second-order valence-corrected chi connectivity index (χ2v) is 6.14. The molecule has 0 bridgehead atoms. The van der Waals surface area contributed by atoms with Gasteiger partial charge in [-0.2, -0.15) is 0 Å². The van der Waals surface area contributed by atoms with Crippen molar-refractivity contribution in [3.05, 3.63) is 70.8 Å². The van der Waals surface area contributed by atoms with Crippen molar-refractivity contribution >= 4 is 35.8 Å². The van der Waals surface area contributed by atoms with Gasteiger partial charge in [0.2, 0.25) is 0 Å². The van der Waals surface area contributed by atoms with Crippen LogP contribution in [0.5, 0.6) is 0 Å². The quantitative estimate of drug-likeness (QED) is 0.324. The molecule has 0 spiro atoms. The van der Waals surface area contributed by atoms with Crippen LogP contribution < -0.4 is 16.0 Å². The number of aryl methyl sites for hydroxylation is 1. The average Bonchev–Trinajstić information content (AvgIpc) is 2.66. The Balaban J connectivity index is 0.00000364. The van der Waals surface area contributed by atoms with Crippen LogP contribution in [0, 0.1) is 6.92 Å². The fourth-order valence-electron chi connectivity index (χ4n) is 2.66. The second-order valence-electron chi connectivity index (χ2n) is 6.14. The first-order chi connectivity index (χ1) is 12.6. The second kappa shape index (κ2) is 12.3. The van der Waals surface area contributed by atoms with Crippen molar-refractivity contribution in [3.63, 3.8) is 0 Å². The lowest BCUT2D eigenvalue weighted by molar-refractivity contribution is 0.0963. The van der Waals surface area contributed by atoms with Crippen LogP contribution in [0.15, 0.2) is 53.5 Å². The van der Waals surface area contributed by atoms with Crippen molar-refractivity contribution in [2.75, 3.05) is 20.1 Å². The molecule has 0 saturated heterocycles. The number of hydrogen-bond acceptors (Lipinski definition) is 2. The number of nitrogens with one attached hydrogen (secondary N) is 3. The van der Waals surface area contributed by atoms with Crippen LogP contribution in [0.3, 0.4) is 0 Å². The normalized spacial score (nSPS) is 10.7. The SMILES string of the molecule is CCNC(=NCc1cccc(C)c1)NCCc1cccc(C(=O)NC)c1.I. The van der Waals surface area contributed by atoms with Gasteiger partial charge in [-0.1, -0.05) is 42.0 Å². The highest BCUT2D eigenvalue weighted by Crippen LogP contribution is 2.06. The molecule has 6 heteroatoms. The third-order valence-electron chi connectivity index (χ3n) is 3.97. The minimum absolute atomic E-state index is 0. The Morgan fingerprint density at radius 1 is 1.04 bits per heavy atom. The molecule has 0 aliphatic carbocycles. The van der Waals surface area contributed by atoms with E-state index in [1.807, 2.05) is 24.3 Å². The molecule has 2 aromatic carbocycles. The third kappa shape index (κ3) is 7.99. The highest BCUT2D eigenvalue weighted by atomic mass is 127. The molecule has 0 radical (unpaired) electrons. The lowest BCUT2D eigenvalue weighted by Gasteiger charge is -2.12. The molecular weight excluding hydrogens is 451 g/mol. The van der Waals surface area contributed by atoms with Crippen molar-refractivity contribution in [2.24, 2.45) is 4.99 Å². The maximum absolute atomic E-state index is 11.7. The summed E-state index contributed by atoms with van der Waals surface area (Å²) < 4.78 is 0. The molecular formula is C21H29IN4O. The van der Waals surface area contributed by atoms with Crippen LogP contribution in [0.1, 0.15) is 34.0 Å². The Morgan fingerprint density at radius 3 is 2.48 bits per heavy atom. The zero-order valence-corrected chi connectivity index (χ0v) is 18.5. The van der Waals surface area contributed by atoms with E-state index in [9.17, 15) is 4.79 Å². The van der Waals surface area contributed by atoms with E-state index < -0.39 is 0 Å². The maximum Gasteiger partial charge on any atom is 0.251 e. The smallest absolute Gasteiger partial charge is 0.251 e. The molecule has 146 valence electrons. The van der Waals surface area contributed by atoms with Crippen LogP contribution in [-0.2, 0) is 13.0 Å². The molecule has 0 saturated carbocycles. The van der Waals surface area contributed by atoms with Gasteiger partial charge in [0.25, 0.3) is 5.91 Å². The Morgan fingerprint density at radius 2 is 1.78 bits per heavy atom. The van der Waals surface area contributed by atoms with Gasteiger partial charge < -0.3 is 16.0 Å². The van der Waals surface area contributed by atoms with Gasteiger partial charge in [-0.3, -0.25) is 4.79 Å². The maximum atomic E-state index is 11.7. The summed E-state index contributed by atoms with van der Waals surface area (Å²) in [5, 5.41) is 9.27. The van der Waals surface area contributed by atoms with Gasteiger partial charge in [0.05, 0.1) is 6.54 Å².